The van der Waals surface area contributed by atoms with Crippen molar-refractivity contribution in [2.45, 2.75) is 37.7 Å². The number of hydrogen-bond donors (Lipinski definition) is 2. The van der Waals surface area contributed by atoms with Crippen molar-refractivity contribution < 1.29 is 28.2 Å². The normalized spacial score (nSPS) is 18.0. The van der Waals surface area contributed by atoms with Gasteiger partial charge in [-0.3, -0.25) is 14.6 Å². The molecule has 3 heterocycles. The number of ether oxygens (including phenoxy) is 1. The maximum absolute atomic E-state index is 13.6. The Bertz CT molecular complexity index is 1590. The van der Waals surface area contributed by atoms with Gasteiger partial charge in [0.15, 0.2) is 5.78 Å². The van der Waals surface area contributed by atoms with Crippen molar-refractivity contribution >= 4 is 22.6 Å². The van der Waals surface area contributed by atoms with Crippen molar-refractivity contribution in [3.63, 3.8) is 0 Å². The third kappa shape index (κ3) is 4.50. The molecule has 0 aliphatic carbocycles. The second-order valence-corrected chi connectivity index (χ2v) is 9.98. The van der Waals surface area contributed by atoms with E-state index in [1.54, 1.807) is 31.2 Å². The first kappa shape index (κ1) is 25.4. The number of benzene rings is 2. The summed E-state index contributed by atoms with van der Waals surface area (Å²) >= 11 is 0. The molecule has 4 aromatic rings. The van der Waals surface area contributed by atoms with Crippen LogP contribution in [0, 0.1) is 11.6 Å². The average Bonchev–Trinajstić information content (AvgIpc) is 3.25. The van der Waals surface area contributed by atoms with Gasteiger partial charge in [0.25, 0.3) is 0 Å². The maximum Gasteiger partial charge on any atom is 0.231 e. The van der Waals surface area contributed by atoms with Crippen LogP contribution in [0.25, 0.3) is 22.2 Å². The van der Waals surface area contributed by atoms with Gasteiger partial charge in [0.2, 0.25) is 5.91 Å². The van der Waals surface area contributed by atoms with Gasteiger partial charge < -0.3 is 15.6 Å². The predicted molar refractivity (Wildman–Crippen MR) is 137 cm³/mol. The fourth-order valence-corrected chi connectivity index (χ4v) is 4.57. The Kier molecular flexibility index (Phi) is 6.19. The minimum atomic E-state index is -1.58. The van der Waals surface area contributed by atoms with E-state index >= 15 is 0 Å². The zero-order valence-corrected chi connectivity index (χ0v) is 20.8. The highest BCUT2D eigenvalue weighted by molar-refractivity contribution is 5.99. The first-order valence-electron chi connectivity index (χ1n) is 12.0. The van der Waals surface area contributed by atoms with Gasteiger partial charge >= 0.3 is 0 Å². The number of carbonyl (C=O) groups excluding carboxylic acids is 2. The summed E-state index contributed by atoms with van der Waals surface area (Å²) in [6, 6.07) is 13.3. The van der Waals surface area contributed by atoms with Crippen LogP contribution in [0.15, 0.2) is 60.8 Å². The standard InChI is InChI=1S/C29H25F2N3O4/c1-28(27(32)36)15-38-26-21(28)13-24(34-25(26)16-3-6-19(30)7-4-16)29(2,37)10-9-23(35)17-5-8-22-18(11-17)12-20(31)14-33-22/h3-8,11-14,37H,9-10,15H2,1-2H3,(H2,32,36)/t28-,29-/m0/s1. The summed E-state index contributed by atoms with van der Waals surface area (Å²) < 4.78 is 33.0. The summed E-state index contributed by atoms with van der Waals surface area (Å²) in [6.07, 6.45) is 1.09. The molecule has 2 aromatic heterocycles. The Morgan fingerprint density at radius 1 is 1.11 bits per heavy atom. The lowest BCUT2D eigenvalue weighted by molar-refractivity contribution is -0.123. The number of hydrogen-bond acceptors (Lipinski definition) is 6. The molecule has 0 radical (unpaired) electrons. The van der Waals surface area contributed by atoms with E-state index < -0.39 is 28.6 Å². The van der Waals surface area contributed by atoms with Gasteiger partial charge in [-0.15, -0.1) is 0 Å². The maximum atomic E-state index is 13.6. The lowest BCUT2D eigenvalue weighted by atomic mass is 9.81. The Morgan fingerprint density at radius 3 is 2.55 bits per heavy atom. The van der Waals surface area contributed by atoms with E-state index in [9.17, 15) is 23.5 Å². The number of rotatable bonds is 7. The number of pyridine rings is 2. The van der Waals surface area contributed by atoms with Crippen molar-refractivity contribution in [1.82, 2.24) is 9.97 Å². The van der Waals surface area contributed by atoms with Crippen molar-refractivity contribution in [2.75, 3.05) is 6.61 Å². The number of nitrogens with two attached hydrogens (primary N) is 1. The highest BCUT2D eigenvalue weighted by Crippen LogP contribution is 2.46. The lowest BCUT2D eigenvalue weighted by Gasteiger charge is -2.26. The molecule has 0 saturated heterocycles. The fraction of sp³-hybridized carbons (Fsp3) is 0.241. The molecule has 1 aliphatic heterocycles. The number of fused-ring (bicyclic) bond motifs is 2. The smallest absolute Gasteiger partial charge is 0.231 e. The Hall–Kier alpha value is -4.24. The van der Waals surface area contributed by atoms with Crippen LogP contribution in [0.3, 0.4) is 0 Å². The summed E-state index contributed by atoms with van der Waals surface area (Å²) in [7, 11) is 0. The second kappa shape index (κ2) is 9.25. The highest BCUT2D eigenvalue weighted by Gasteiger charge is 2.45. The number of aliphatic hydroxyl groups is 1. The molecule has 1 aliphatic rings. The molecule has 0 spiro atoms. The molecule has 194 valence electrons. The zero-order valence-electron chi connectivity index (χ0n) is 20.8. The van der Waals surface area contributed by atoms with E-state index in [4.69, 9.17) is 10.5 Å². The molecule has 2 aromatic carbocycles. The number of nitrogens with zero attached hydrogens (tertiary/aromatic N) is 2. The number of Topliss-reactive ketones (excluding diaryl/α,β-unsaturated/α-hetero) is 1. The third-order valence-corrected chi connectivity index (χ3v) is 7.09. The molecule has 9 heteroatoms. The molecule has 0 fully saturated rings. The van der Waals surface area contributed by atoms with Gasteiger partial charge in [-0.25, -0.2) is 13.8 Å². The molecule has 0 unspecified atom stereocenters. The van der Waals surface area contributed by atoms with Gasteiger partial charge in [0.1, 0.15) is 40.7 Å². The molecular weight excluding hydrogens is 492 g/mol. The van der Waals surface area contributed by atoms with Crippen LogP contribution in [-0.2, 0) is 15.8 Å². The quantitative estimate of drug-likeness (QED) is 0.347. The van der Waals surface area contributed by atoms with Crippen LogP contribution >= 0.6 is 0 Å². The average molecular weight is 518 g/mol. The molecule has 1 amide bonds. The van der Waals surface area contributed by atoms with E-state index in [0.717, 1.165) is 6.20 Å². The number of ketones is 1. The summed E-state index contributed by atoms with van der Waals surface area (Å²) in [6.45, 7) is 3.17. The van der Waals surface area contributed by atoms with E-state index in [0.29, 0.717) is 39.0 Å². The Labute approximate surface area is 217 Å². The van der Waals surface area contributed by atoms with Crippen LogP contribution in [0.1, 0.15) is 48.3 Å². The topological polar surface area (TPSA) is 115 Å². The first-order chi connectivity index (χ1) is 18.0. The van der Waals surface area contributed by atoms with Crippen LogP contribution in [-0.4, -0.2) is 33.4 Å². The molecule has 2 atom stereocenters. The van der Waals surface area contributed by atoms with Crippen LogP contribution in [0.4, 0.5) is 8.78 Å². The Morgan fingerprint density at radius 2 is 1.84 bits per heavy atom. The molecule has 7 nitrogen and oxygen atoms in total. The number of carbonyl (C=O) groups is 2. The number of primary amides is 1. The van der Waals surface area contributed by atoms with E-state index in [-0.39, 0.29) is 30.9 Å². The second-order valence-electron chi connectivity index (χ2n) is 9.98. The largest absolute Gasteiger partial charge is 0.489 e. The molecule has 38 heavy (non-hydrogen) atoms. The van der Waals surface area contributed by atoms with Crippen molar-refractivity contribution in [3.8, 4) is 17.0 Å². The van der Waals surface area contributed by atoms with Crippen LogP contribution in [0.2, 0.25) is 0 Å². The van der Waals surface area contributed by atoms with Crippen molar-refractivity contribution in [1.29, 1.82) is 0 Å². The van der Waals surface area contributed by atoms with Gasteiger partial charge in [0, 0.05) is 28.5 Å². The predicted octanol–water partition coefficient (Wildman–Crippen LogP) is 4.58. The van der Waals surface area contributed by atoms with Crippen LogP contribution < -0.4 is 10.5 Å². The molecule has 3 N–H and O–H groups in total. The van der Waals surface area contributed by atoms with E-state index in [1.165, 1.54) is 37.3 Å². The third-order valence-electron chi connectivity index (χ3n) is 7.09. The van der Waals surface area contributed by atoms with Crippen molar-refractivity contribution in [3.05, 3.63) is 89.2 Å². The fourth-order valence-electron chi connectivity index (χ4n) is 4.57. The molecular formula is C29H25F2N3O4. The molecule has 5 rings (SSSR count). The molecule has 0 bridgehead atoms. The minimum absolute atomic E-state index is 0.00492. The van der Waals surface area contributed by atoms with Gasteiger partial charge in [0.05, 0.1) is 17.4 Å². The monoisotopic (exact) mass is 517 g/mol. The Balaban J connectivity index is 1.48. The zero-order chi connectivity index (χ0) is 27.2. The summed E-state index contributed by atoms with van der Waals surface area (Å²) in [5.74, 6) is -1.44. The van der Waals surface area contributed by atoms with Crippen LogP contribution in [0.5, 0.6) is 5.75 Å². The lowest BCUT2D eigenvalue weighted by Crippen LogP contribution is -2.40. The first-order valence-corrected chi connectivity index (χ1v) is 12.0. The summed E-state index contributed by atoms with van der Waals surface area (Å²) in [5.41, 5.74) is 5.42. The number of amides is 1. The molecule has 0 saturated carbocycles. The van der Waals surface area contributed by atoms with Crippen molar-refractivity contribution in [2.24, 2.45) is 5.73 Å². The summed E-state index contributed by atoms with van der Waals surface area (Å²) in [5, 5.41) is 12.0. The van der Waals surface area contributed by atoms with E-state index in [1.807, 2.05) is 0 Å². The van der Waals surface area contributed by atoms with E-state index in [2.05, 4.69) is 9.97 Å². The minimum Gasteiger partial charge on any atom is -0.489 e. The number of halogens is 2. The van der Waals surface area contributed by atoms with Gasteiger partial charge in [-0.1, -0.05) is 0 Å². The highest BCUT2D eigenvalue weighted by atomic mass is 19.1. The number of aromatic nitrogens is 2. The van der Waals surface area contributed by atoms with Gasteiger partial charge in [-0.2, -0.15) is 0 Å². The SMILES string of the molecule is C[C@](O)(CCC(=O)c1ccc2ncc(F)cc2c1)c1cc2c(c(-c3ccc(F)cc3)n1)OC[C@]2(C)C(N)=O. The van der Waals surface area contributed by atoms with Gasteiger partial charge in [-0.05, 0) is 74.9 Å². The summed E-state index contributed by atoms with van der Waals surface area (Å²) in [4.78, 5) is 34.0.